The van der Waals surface area contributed by atoms with E-state index in [0.29, 0.717) is 27.0 Å². The maximum absolute atomic E-state index is 12.9. The van der Waals surface area contributed by atoms with E-state index >= 15 is 0 Å². The third kappa shape index (κ3) is 4.54. The second-order valence-electron chi connectivity index (χ2n) is 7.75. The van der Waals surface area contributed by atoms with Crippen LogP contribution in [0.3, 0.4) is 0 Å². The van der Waals surface area contributed by atoms with Gasteiger partial charge in [-0.05, 0) is 36.2 Å². The van der Waals surface area contributed by atoms with Crippen LogP contribution in [-0.2, 0) is 4.84 Å². The van der Waals surface area contributed by atoms with Crippen molar-refractivity contribution in [1.29, 1.82) is 0 Å². The van der Waals surface area contributed by atoms with Gasteiger partial charge in [0.25, 0.3) is 0 Å². The largest absolute Gasteiger partial charge is 0.507 e. The highest BCUT2D eigenvalue weighted by molar-refractivity contribution is 6.34. The van der Waals surface area contributed by atoms with Gasteiger partial charge in [-0.1, -0.05) is 71.7 Å². The SMILES string of the molecule is Cc1ccccc1C(ON)c1ccc2c(N(C)C(=O)Oc3cc(Cl)ccc3Cl)cccc2c1O. The molecule has 0 aromatic heterocycles. The molecule has 0 aliphatic carbocycles. The van der Waals surface area contributed by atoms with Gasteiger partial charge in [0, 0.05) is 34.5 Å². The van der Waals surface area contributed by atoms with Crippen molar-refractivity contribution in [3.05, 3.63) is 99.5 Å². The lowest BCUT2D eigenvalue weighted by molar-refractivity contribution is 0.0793. The van der Waals surface area contributed by atoms with Gasteiger partial charge in [-0.15, -0.1) is 0 Å². The smallest absolute Gasteiger partial charge is 0.419 e. The predicted octanol–water partition coefficient (Wildman–Crippen LogP) is 6.78. The Morgan fingerprint density at radius 3 is 2.47 bits per heavy atom. The third-order valence-electron chi connectivity index (χ3n) is 5.66. The Labute approximate surface area is 207 Å². The molecule has 0 aliphatic heterocycles. The first-order chi connectivity index (χ1) is 16.3. The number of phenolic OH excluding ortho intramolecular Hbond substituents is 1. The summed E-state index contributed by atoms with van der Waals surface area (Å²) in [6.07, 6.45) is -1.33. The Bertz CT molecular complexity index is 1380. The highest BCUT2D eigenvalue weighted by Crippen LogP contribution is 2.40. The molecule has 0 fully saturated rings. The van der Waals surface area contributed by atoms with E-state index in [1.165, 1.54) is 11.0 Å². The molecule has 0 heterocycles. The number of halogens is 2. The van der Waals surface area contributed by atoms with Gasteiger partial charge in [0.2, 0.25) is 0 Å². The summed E-state index contributed by atoms with van der Waals surface area (Å²) in [5.74, 6) is 5.79. The number of phenols is 1. The molecule has 1 unspecified atom stereocenters. The summed E-state index contributed by atoms with van der Waals surface area (Å²) in [6.45, 7) is 1.95. The summed E-state index contributed by atoms with van der Waals surface area (Å²) in [4.78, 5) is 19.5. The zero-order chi connectivity index (χ0) is 24.4. The van der Waals surface area contributed by atoms with Crippen LogP contribution < -0.4 is 15.5 Å². The Morgan fingerprint density at radius 1 is 0.971 bits per heavy atom. The minimum Gasteiger partial charge on any atom is -0.507 e. The van der Waals surface area contributed by atoms with Crippen LogP contribution >= 0.6 is 23.2 Å². The molecule has 0 bridgehead atoms. The summed E-state index contributed by atoms with van der Waals surface area (Å²) >= 11 is 12.1. The van der Waals surface area contributed by atoms with E-state index in [0.717, 1.165) is 11.1 Å². The van der Waals surface area contributed by atoms with Crippen molar-refractivity contribution in [1.82, 2.24) is 0 Å². The molecule has 0 saturated carbocycles. The van der Waals surface area contributed by atoms with Crippen LogP contribution in [0.1, 0.15) is 22.8 Å². The Hall–Kier alpha value is -3.29. The predicted molar refractivity (Wildman–Crippen MR) is 135 cm³/mol. The number of amides is 1. The minimum atomic E-state index is -0.665. The number of aromatic hydroxyl groups is 1. The molecule has 0 saturated heterocycles. The number of rotatable bonds is 5. The van der Waals surface area contributed by atoms with Gasteiger partial charge in [-0.3, -0.25) is 9.74 Å². The summed E-state index contributed by atoms with van der Waals surface area (Å²) in [7, 11) is 1.57. The molecule has 8 heteroatoms. The Balaban J connectivity index is 1.72. The van der Waals surface area contributed by atoms with Crippen LogP contribution in [0.2, 0.25) is 10.0 Å². The van der Waals surface area contributed by atoms with Gasteiger partial charge in [0.05, 0.1) is 10.7 Å². The molecule has 4 aromatic rings. The number of benzene rings is 4. The van der Waals surface area contributed by atoms with Crippen LogP contribution in [0.15, 0.2) is 72.8 Å². The number of nitrogens with two attached hydrogens (primary N) is 1. The van der Waals surface area contributed by atoms with Gasteiger partial charge < -0.3 is 9.84 Å². The van der Waals surface area contributed by atoms with Crippen molar-refractivity contribution in [2.45, 2.75) is 13.0 Å². The van der Waals surface area contributed by atoms with Gasteiger partial charge in [-0.2, -0.15) is 0 Å². The summed E-state index contributed by atoms with van der Waals surface area (Å²) in [5, 5.41) is 13.0. The van der Waals surface area contributed by atoms with E-state index in [1.807, 2.05) is 31.2 Å². The van der Waals surface area contributed by atoms with E-state index in [4.69, 9.17) is 38.7 Å². The van der Waals surface area contributed by atoms with Crippen LogP contribution in [0, 0.1) is 6.92 Å². The van der Waals surface area contributed by atoms with Gasteiger partial charge in [-0.25, -0.2) is 10.7 Å². The van der Waals surface area contributed by atoms with Crippen LogP contribution in [0.4, 0.5) is 10.5 Å². The first-order valence-corrected chi connectivity index (χ1v) is 11.1. The highest BCUT2D eigenvalue weighted by atomic mass is 35.5. The van der Waals surface area contributed by atoms with Crippen molar-refractivity contribution in [3.8, 4) is 11.5 Å². The first kappa shape index (κ1) is 23.9. The maximum atomic E-state index is 12.9. The third-order valence-corrected chi connectivity index (χ3v) is 6.20. The molecule has 4 rings (SSSR count). The minimum absolute atomic E-state index is 0.0118. The van der Waals surface area contributed by atoms with Crippen LogP contribution in [0.5, 0.6) is 11.5 Å². The average Bonchev–Trinajstić information content (AvgIpc) is 2.83. The molecular formula is C26H22Cl2N2O4. The summed E-state index contributed by atoms with van der Waals surface area (Å²) in [6, 6.07) is 21.1. The van der Waals surface area contributed by atoms with Crippen molar-refractivity contribution in [3.63, 3.8) is 0 Å². The second-order valence-corrected chi connectivity index (χ2v) is 8.59. The topological polar surface area (TPSA) is 85.0 Å². The number of aryl methyl sites for hydroxylation is 1. The molecule has 1 amide bonds. The Kier molecular flexibility index (Phi) is 6.95. The lowest BCUT2D eigenvalue weighted by Gasteiger charge is -2.22. The molecule has 34 heavy (non-hydrogen) atoms. The molecule has 174 valence electrons. The molecule has 4 aromatic carbocycles. The number of hydrogen-bond donors (Lipinski definition) is 2. The standard InChI is InChI=1S/C26H22Cl2N2O4/c1-15-6-3-4-7-17(15)25(34-29)20-12-11-18-19(24(20)31)8-5-9-22(18)30(2)26(32)33-23-14-16(27)10-13-21(23)28/h3-14,25,31H,29H2,1-2H3. The number of anilines is 1. The normalized spacial score (nSPS) is 11.9. The molecule has 0 aliphatic rings. The number of fused-ring (bicyclic) bond motifs is 1. The van der Waals surface area contributed by atoms with E-state index in [9.17, 15) is 9.90 Å². The van der Waals surface area contributed by atoms with E-state index < -0.39 is 12.2 Å². The van der Waals surface area contributed by atoms with E-state index in [-0.39, 0.29) is 16.5 Å². The number of nitrogens with zero attached hydrogens (tertiary/aromatic N) is 1. The molecule has 0 spiro atoms. The number of hydrogen-bond acceptors (Lipinski definition) is 5. The van der Waals surface area contributed by atoms with Crippen LogP contribution in [0.25, 0.3) is 10.8 Å². The van der Waals surface area contributed by atoms with E-state index in [2.05, 4.69) is 0 Å². The van der Waals surface area contributed by atoms with Gasteiger partial charge in [0.1, 0.15) is 11.9 Å². The van der Waals surface area contributed by atoms with Crippen molar-refractivity contribution in [2.75, 3.05) is 11.9 Å². The molecule has 6 nitrogen and oxygen atoms in total. The fraction of sp³-hybridized carbons (Fsp3) is 0.115. The van der Waals surface area contributed by atoms with Crippen molar-refractivity contribution >= 4 is 45.8 Å². The number of carbonyl (C=O) groups is 1. The Morgan fingerprint density at radius 2 is 1.74 bits per heavy atom. The van der Waals surface area contributed by atoms with Gasteiger partial charge in [0.15, 0.2) is 5.75 Å². The second kappa shape index (κ2) is 9.91. The maximum Gasteiger partial charge on any atom is 0.419 e. The lowest BCUT2D eigenvalue weighted by Crippen LogP contribution is -2.29. The average molecular weight is 497 g/mol. The molecule has 0 radical (unpaired) electrons. The fourth-order valence-electron chi connectivity index (χ4n) is 3.86. The molecule has 1 atom stereocenters. The lowest BCUT2D eigenvalue weighted by atomic mass is 9.94. The highest BCUT2D eigenvalue weighted by Gasteiger charge is 2.23. The zero-order valence-corrected chi connectivity index (χ0v) is 20.0. The summed E-state index contributed by atoms with van der Waals surface area (Å²) in [5.41, 5.74) is 2.87. The molecule has 3 N–H and O–H groups in total. The molecular weight excluding hydrogens is 475 g/mol. The van der Waals surface area contributed by atoms with E-state index in [1.54, 1.807) is 49.5 Å². The number of carbonyl (C=O) groups excluding carboxylic acids is 1. The quantitative estimate of drug-likeness (QED) is 0.297. The van der Waals surface area contributed by atoms with Crippen molar-refractivity contribution < 1.29 is 19.5 Å². The zero-order valence-electron chi connectivity index (χ0n) is 18.5. The van der Waals surface area contributed by atoms with Gasteiger partial charge >= 0.3 is 6.09 Å². The first-order valence-electron chi connectivity index (χ1n) is 10.4. The van der Waals surface area contributed by atoms with Crippen LogP contribution in [-0.4, -0.2) is 18.2 Å². The van der Waals surface area contributed by atoms with Crippen molar-refractivity contribution in [2.24, 2.45) is 5.90 Å². The summed E-state index contributed by atoms with van der Waals surface area (Å²) < 4.78 is 5.44. The fourth-order valence-corrected chi connectivity index (χ4v) is 4.18. The monoisotopic (exact) mass is 496 g/mol. The number of ether oxygens (including phenoxy) is 1.